The molecule has 8 nitrogen and oxygen atoms in total. The molecule has 1 atom stereocenters. The fraction of sp³-hybridized carbons (Fsp3) is 0.367. The molecular formula is C30H33F4N3O5. The predicted octanol–water partition coefficient (Wildman–Crippen LogP) is 6.32. The molecule has 0 fully saturated rings. The predicted molar refractivity (Wildman–Crippen MR) is 147 cm³/mol. The van der Waals surface area contributed by atoms with Crippen LogP contribution in [0.1, 0.15) is 51.4 Å². The van der Waals surface area contributed by atoms with Crippen LogP contribution in [0, 0.1) is 5.82 Å². The van der Waals surface area contributed by atoms with Crippen LogP contribution >= 0.6 is 0 Å². The van der Waals surface area contributed by atoms with E-state index >= 15 is 0 Å². The molecule has 3 rings (SSSR count). The van der Waals surface area contributed by atoms with Crippen LogP contribution in [-0.2, 0) is 27.2 Å². The van der Waals surface area contributed by atoms with Gasteiger partial charge in [0.1, 0.15) is 18.0 Å². The topological polar surface area (TPSA) is 110 Å². The van der Waals surface area contributed by atoms with Crippen molar-refractivity contribution >= 4 is 12.2 Å². The van der Waals surface area contributed by atoms with Crippen LogP contribution in [-0.4, -0.2) is 40.6 Å². The van der Waals surface area contributed by atoms with Crippen molar-refractivity contribution in [1.82, 2.24) is 15.6 Å². The lowest BCUT2D eigenvalue weighted by molar-refractivity contribution is -0.265. The molecule has 0 bridgehead atoms. The molecule has 2 aromatic carbocycles. The number of pyridine rings is 1. The van der Waals surface area contributed by atoms with E-state index in [0.717, 1.165) is 23.8 Å². The molecule has 12 heteroatoms. The first-order valence-electron chi connectivity index (χ1n) is 12.9. The molecule has 0 spiro atoms. The summed E-state index contributed by atoms with van der Waals surface area (Å²) in [6.45, 7) is 6.27. The minimum Gasteiger partial charge on any atom is -0.445 e. The fourth-order valence-electron chi connectivity index (χ4n) is 3.81. The molecule has 42 heavy (non-hydrogen) atoms. The van der Waals surface area contributed by atoms with Gasteiger partial charge < -0.3 is 25.2 Å². The zero-order chi connectivity index (χ0) is 31.3. The monoisotopic (exact) mass is 591 g/mol. The van der Waals surface area contributed by atoms with Crippen molar-refractivity contribution in [3.05, 3.63) is 89.4 Å². The third-order valence-electron chi connectivity index (χ3n) is 6.09. The Kier molecular flexibility index (Phi) is 9.51. The van der Waals surface area contributed by atoms with Crippen LogP contribution in [0.4, 0.5) is 27.2 Å². The van der Waals surface area contributed by atoms with Crippen molar-refractivity contribution in [2.24, 2.45) is 0 Å². The summed E-state index contributed by atoms with van der Waals surface area (Å²) in [6, 6.07) is 16.1. The maximum Gasteiger partial charge on any atom is 0.424 e. The summed E-state index contributed by atoms with van der Waals surface area (Å²) in [5, 5.41) is 15.6. The van der Waals surface area contributed by atoms with Gasteiger partial charge in [0.15, 0.2) is 0 Å². The highest BCUT2D eigenvalue weighted by molar-refractivity contribution is 5.69. The van der Waals surface area contributed by atoms with Gasteiger partial charge in [0.05, 0.1) is 23.5 Å². The molecule has 0 aliphatic rings. The molecule has 0 aliphatic carbocycles. The van der Waals surface area contributed by atoms with Gasteiger partial charge in [-0.3, -0.25) is 0 Å². The number of nitrogens with zero attached hydrogens (tertiary/aromatic N) is 1. The second-order valence-electron chi connectivity index (χ2n) is 11.2. The van der Waals surface area contributed by atoms with E-state index in [1.54, 1.807) is 30.3 Å². The van der Waals surface area contributed by atoms with Gasteiger partial charge in [0.2, 0.25) is 5.60 Å². The minimum absolute atomic E-state index is 0.0463. The molecule has 0 aliphatic heterocycles. The van der Waals surface area contributed by atoms with E-state index in [1.165, 1.54) is 52.8 Å². The number of aromatic nitrogens is 1. The molecule has 0 saturated carbocycles. The number of hydrogen-bond donors (Lipinski definition) is 3. The number of amides is 2. The number of carbonyl (C=O) groups is 2. The van der Waals surface area contributed by atoms with Gasteiger partial charge in [0, 0.05) is 5.56 Å². The van der Waals surface area contributed by atoms with Crippen molar-refractivity contribution in [3.8, 4) is 11.3 Å². The first kappa shape index (κ1) is 32.3. The van der Waals surface area contributed by atoms with E-state index < -0.39 is 53.2 Å². The maximum absolute atomic E-state index is 14.4. The average Bonchev–Trinajstić information content (AvgIpc) is 2.89. The van der Waals surface area contributed by atoms with E-state index in [4.69, 9.17) is 9.47 Å². The summed E-state index contributed by atoms with van der Waals surface area (Å²) in [4.78, 5) is 28.9. The van der Waals surface area contributed by atoms with Gasteiger partial charge in [-0.25, -0.2) is 19.0 Å². The van der Waals surface area contributed by atoms with E-state index in [1.807, 2.05) is 5.32 Å². The highest BCUT2D eigenvalue weighted by atomic mass is 19.4. The number of benzene rings is 2. The van der Waals surface area contributed by atoms with Crippen molar-refractivity contribution in [3.63, 3.8) is 0 Å². The van der Waals surface area contributed by atoms with Crippen LogP contribution in [0.2, 0.25) is 0 Å². The lowest BCUT2D eigenvalue weighted by Gasteiger charge is -2.33. The second-order valence-corrected chi connectivity index (χ2v) is 11.2. The summed E-state index contributed by atoms with van der Waals surface area (Å²) in [5.41, 5.74) is -5.84. The number of carbonyl (C=O) groups excluding carboxylic acids is 2. The Morgan fingerprint density at radius 3 is 2.10 bits per heavy atom. The first-order valence-corrected chi connectivity index (χ1v) is 12.9. The Hall–Kier alpha value is -4.19. The number of ether oxygens (including phenoxy) is 2. The summed E-state index contributed by atoms with van der Waals surface area (Å²) >= 11 is 0. The zero-order valence-electron chi connectivity index (χ0n) is 23.8. The Labute approximate surface area is 241 Å². The van der Waals surface area contributed by atoms with E-state index in [2.05, 4.69) is 10.3 Å². The van der Waals surface area contributed by atoms with Crippen molar-refractivity contribution in [2.75, 3.05) is 6.54 Å². The number of rotatable bonds is 8. The van der Waals surface area contributed by atoms with Gasteiger partial charge in [-0.05, 0) is 82.1 Å². The maximum atomic E-state index is 14.4. The van der Waals surface area contributed by atoms with Crippen molar-refractivity contribution in [1.29, 1.82) is 0 Å². The van der Waals surface area contributed by atoms with Crippen LogP contribution in [0.3, 0.4) is 0 Å². The van der Waals surface area contributed by atoms with E-state index in [-0.39, 0.29) is 23.4 Å². The summed E-state index contributed by atoms with van der Waals surface area (Å²) in [7, 11) is 0. The molecule has 3 N–H and O–H groups in total. The second kappa shape index (κ2) is 12.4. The van der Waals surface area contributed by atoms with Crippen molar-refractivity contribution < 1.29 is 41.7 Å². The largest absolute Gasteiger partial charge is 0.445 e. The third kappa shape index (κ3) is 8.41. The van der Waals surface area contributed by atoms with E-state index in [0.29, 0.717) is 0 Å². The van der Waals surface area contributed by atoms with Gasteiger partial charge in [-0.2, -0.15) is 13.2 Å². The first-order chi connectivity index (χ1) is 19.4. The molecule has 0 radical (unpaired) electrons. The standard InChI is InChI=1S/C30H33F4N3O5/c1-27(2,3)42-25(38)35-18-29(40,30(32,33)34)24-16-21(15-23(36-24)20-11-13-22(31)14-12-20)28(4,5)37-26(39)41-17-19-9-7-6-8-10-19/h6-16,40H,17-18H2,1-5H3,(H,35,38)(H,37,39). The van der Waals surface area contributed by atoms with Gasteiger partial charge in [-0.15, -0.1) is 0 Å². The molecule has 1 aromatic heterocycles. The van der Waals surface area contributed by atoms with E-state index in [9.17, 15) is 32.3 Å². The molecule has 3 aromatic rings. The Morgan fingerprint density at radius 2 is 1.52 bits per heavy atom. The minimum atomic E-state index is -5.31. The summed E-state index contributed by atoms with van der Waals surface area (Å²) in [5.74, 6) is -0.577. The lowest BCUT2D eigenvalue weighted by atomic mass is 9.89. The number of hydrogen-bond acceptors (Lipinski definition) is 6. The number of aliphatic hydroxyl groups is 1. The molecule has 0 saturated heterocycles. The third-order valence-corrected chi connectivity index (χ3v) is 6.09. The van der Waals surface area contributed by atoms with Crippen molar-refractivity contribution in [2.45, 2.75) is 64.1 Å². The summed E-state index contributed by atoms with van der Waals surface area (Å²) < 4.78 is 67.2. The Bertz CT molecular complexity index is 1390. The van der Waals surface area contributed by atoms with Crippen LogP contribution in [0.5, 0.6) is 0 Å². The average molecular weight is 592 g/mol. The number of alkyl halides is 3. The molecule has 1 unspecified atom stereocenters. The molecule has 1 heterocycles. The summed E-state index contributed by atoms with van der Waals surface area (Å²) in [6.07, 6.45) is -7.33. The smallest absolute Gasteiger partial charge is 0.424 e. The van der Waals surface area contributed by atoms with Gasteiger partial charge in [0.25, 0.3) is 0 Å². The molecular weight excluding hydrogens is 558 g/mol. The lowest BCUT2D eigenvalue weighted by Crippen LogP contribution is -2.52. The zero-order valence-corrected chi connectivity index (χ0v) is 23.8. The normalized spacial score (nSPS) is 13.6. The van der Waals surface area contributed by atoms with Gasteiger partial charge >= 0.3 is 18.4 Å². The van der Waals surface area contributed by atoms with Crippen LogP contribution in [0.15, 0.2) is 66.7 Å². The SMILES string of the molecule is CC(C)(C)OC(=O)NCC(O)(c1cc(C(C)(C)NC(=O)OCc2ccccc2)cc(-c2ccc(F)cc2)n1)C(F)(F)F. The molecule has 226 valence electrons. The fourth-order valence-corrected chi connectivity index (χ4v) is 3.81. The highest BCUT2D eigenvalue weighted by Gasteiger charge is 2.57. The Balaban J connectivity index is 2.02. The van der Waals surface area contributed by atoms with Crippen LogP contribution < -0.4 is 10.6 Å². The highest BCUT2D eigenvalue weighted by Crippen LogP contribution is 2.40. The number of nitrogens with one attached hydrogen (secondary N) is 2. The van der Waals surface area contributed by atoms with Gasteiger partial charge in [-0.1, -0.05) is 30.3 Å². The quantitative estimate of drug-likeness (QED) is 0.265. The Morgan fingerprint density at radius 1 is 0.905 bits per heavy atom. The number of halogens is 4. The number of alkyl carbamates (subject to hydrolysis) is 2. The van der Waals surface area contributed by atoms with Crippen LogP contribution in [0.25, 0.3) is 11.3 Å². The molecule has 2 amide bonds.